The summed E-state index contributed by atoms with van der Waals surface area (Å²) in [5, 5.41) is 18.6. The fraction of sp³-hybridized carbons (Fsp3) is 0.0882. The Balaban J connectivity index is 0.000000122. The Hall–Kier alpha value is -16.4. The summed E-state index contributed by atoms with van der Waals surface area (Å²) in [6.45, 7) is 19.0. The number of hydrogen-bond donors (Lipinski definition) is 1. The molecule has 1 N–H and O–H groups in total. The molecule has 4 aliphatic rings. The normalized spacial score (nSPS) is 13.8. The monoisotopic (exact) mass is 1870 g/mol. The Morgan fingerprint density at radius 3 is 0.879 bits per heavy atom. The second-order valence-electron chi connectivity index (χ2n) is 40.7. The van der Waals surface area contributed by atoms with Gasteiger partial charge in [-0.3, -0.25) is 0 Å². The van der Waals surface area contributed by atoms with Gasteiger partial charge in [-0.2, -0.15) is 0 Å². The predicted molar refractivity (Wildman–Crippen MR) is 602 cm³/mol. The standard InChI is InChI=1S/C68H50N2.C44H33Br.C24H18N2/c1-67(2)59-28-16-13-23-49(59)51-35-31-43(39-61(51)67)65-54-26-11-12-27-55(54)66(44-32-36-52-50-24-14-17-29-60(50)68(3,4)62(52)40-44)58-42-47(33-37-56(58)65)69(45-19-7-5-8-20-45)48-34-38-64-57(41-48)53-25-15-18-30-63(53)70(64)46-21-9-6-10-22-46;1-43(2)37-15-9-7-11-29(37)31-20-17-26(23-39(31)43)41-33-13-5-6-14-34(33)42(36-25-28(45)19-22-35(36)41)27-18-21-32-30-12-8-10-16-38(30)44(3,4)40(32)24-27;1-3-9-18(10-4-1)25-19-15-16-24-22(17-19)21-13-7-8-14-23(21)26(24)20-11-5-2-6-12-20/h5-42H,1-4H3;5-25H,1-4H3;1-17,25H. The van der Waals surface area contributed by atoms with Crippen LogP contribution in [0.3, 0.4) is 0 Å². The molecule has 0 atom stereocenters. The fourth-order valence-electron chi connectivity index (χ4n) is 24.7. The van der Waals surface area contributed by atoms with E-state index < -0.39 is 0 Å². The van der Waals surface area contributed by atoms with Crippen LogP contribution in [0.25, 0.3) is 187 Å². The molecule has 0 amide bonds. The zero-order valence-electron chi connectivity index (χ0n) is 80.1. The Bertz CT molecular complexity index is 9270. The van der Waals surface area contributed by atoms with Crippen LogP contribution in [0.5, 0.6) is 0 Å². The van der Waals surface area contributed by atoms with Crippen LogP contribution in [0, 0.1) is 0 Å². The molecule has 2 heterocycles. The van der Waals surface area contributed by atoms with Gasteiger partial charge in [-0.15, -0.1) is 0 Å². The Kier molecular flexibility index (Phi) is 19.8. The van der Waals surface area contributed by atoms with E-state index in [1.54, 1.807) is 0 Å². The third kappa shape index (κ3) is 13.5. The number of aromatic nitrogens is 2. The molecule has 0 radical (unpaired) electrons. The maximum atomic E-state index is 3.84. The van der Waals surface area contributed by atoms with Gasteiger partial charge in [-0.25, -0.2) is 0 Å². The van der Waals surface area contributed by atoms with Gasteiger partial charge in [-0.05, 0) is 322 Å². The zero-order chi connectivity index (χ0) is 94.9. The average Bonchev–Trinajstić information content (AvgIpc) is 1.70. The summed E-state index contributed by atoms with van der Waals surface area (Å²) >= 11 is 3.84. The summed E-state index contributed by atoms with van der Waals surface area (Å²) in [5.41, 5.74) is 44.4. The molecule has 2 aromatic heterocycles. The molecule has 24 aromatic rings. The van der Waals surface area contributed by atoms with Crippen LogP contribution in [-0.4, -0.2) is 9.13 Å². The first-order valence-corrected chi connectivity index (χ1v) is 50.2. The van der Waals surface area contributed by atoms with Gasteiger partial charge in [0.1, 0.15) is 0 Å². The van der Waals surface area contributed by atoms with Gasteiger partial charge in [0.2, 0.25) is 0 Å². The van der Waals surface area contributed by atoms with Crippen LogP contribution in [0.2, 0.25) is 0 Å². The second-order valence-corrected chi connectivity index (χ2v) is 41.6. The number of benzene rings is 22. The molecule has 0 aliphatic heterocycles. The smallest absolute Gasteiger partial charge is 0.0542 e. The number of halogens is 1. The van der Waals surface area contributed by atoms with Crippen molar-refractivity contribution in [3.8, 4) is 100 Å². The third-order valence-corrected chi connectivity index (χ3v) is 31.9. The molecule has 0 saturated heterocycles. The Morgan fingerprint density at radius 2 is 0.475 bits per heavy atom. The van der Waals surface area contributed by atoms with Crippen molar-refractivity contribution in [2.45, 2.75) is 77.0 Å². The minimum atomic E-state index is -0.139. The lowest BCUT2D eigenvalue weighted by Gasteiger charge is -2.27. The minimum Gasteiger partial charge on any atom is -0.356 e. The summed E-state index contributed by atoms with van der Waals surface area (Å²) < 4.78 is 5.82. The van der Waals surface area contributed by atoms with Crippen molar-refractivity contribution < 1.29 is 0 Å². The minimum absolute atomic E-state index is 0.0503. The van der Waals surface area contributed by atoms with Crippen molar-refractivity contribution in [2.24, 2.45) is 0 Å². The van der Waals surface area contributed by atoms with E-state index in [1.165, 1.54) is 226 Å². The van der Waals surface area contributed by atoms with Gasteiger partial charge in [-0.1, -0.05) is 387 Å². The van der Waals surface area contributed by atoms with Gasteiger partial charge in [0.15, 0.2) is 0 Å². The van der Waals surface area contributed by atoms with Gasteiger partial charge in [0.25, 0.3) is 0 Å². The highest BCUT2D eigenvalue weighted by atomic mass is 79.9. The van der Waals surface area contributed by atoms with E-state index in [0.717, 1.165) is 38.6 Å². The van der Waals surface area contributed by atoms with Crippen LogP contribution in [0.15, 0.2) is 466 Å². The van der Waals surface area contributed by atoms with Crippen molar-refractivity contribution in [3.05, 3.63) is 510 Å². The first kappa shape index (κ1) is 85.0. The fourth-order valence-corrected chi connectivity index (χ4v) is 25.1. The number of para-hydroxylation sites is 6. The molecule has 5 heteroatoms. The van der Waals surface area contributed by atoms with E-state index in [9.17, 15) is 0 Å². The van der Waals surface area contributed by atoms with Crippen molar-refractivity contribution in [1.82, 2.24) is 9.13 Å². The molecule has 0 unspecified atom stereocenters. The van der Waals surface area contributed by atoms with Crippen molar-refractivity contribution in [3.63, 3.8) is 0 Å². The summed E-state index contributed by atoms with van der Waals surface area (Å²) in [6, 6.07) is 170. The zero-order valence-corrected chi connectivity index (χ0v) is 81.7. The van der Waals surface area contributed by atoms with Gasteiger partial charge < -0.3 is 19.4 Å². The molecule has 0 fully saturated rings. The Labute approximate surface area is 831 Å². The molecule has 4 aliphatic carbocycles. The maximum Gasteiger partial charge on any atom is 0.0542 e. The topological polar surface area (TPSA) is 25.1 Å². The molecule has 0 spiro atoms. The molecule has 141 heavy (non-hydrogen) atoms. The van der Waals surface area contributed by atoms with Crippen molar-refractivity contribution in [1.29, 1.82) is 0 Å². The highest BCUT2D eigenvalue weighted by Gasteiger charge is 2.41. The number of nitrogens with zero attached hydrogens (tertiary/aromatic N) is 3. The van der Waals surface area contributed by atoms with Crippen LogP contribution < -0.4 is 10.2 Å². The van der Waals surface area contributed by atoms with E-state index in [2.05, 4.69) is 534 Å². The molecule has 0 saturated carbocycles. The largest absolute Gasteiger partial charge is 0.356 e. The van der Waals surface area contributed by atoms with Crippen LogP contribution in [0.1, 0.15) is 99.9 Å². The van der Waals surface area contributed by atoms with E-state index >= 15 is 0 Å². The first-order valence-electron chi connectivity index (χ1n) is 49.4. The van der Waals surface area contributed by atoms with Gasteiger partial charge in [0, 0.05) is 87.5 Å². The number of hydrogen-bond acceptors (Lipinski definition) is 2. The lowest BCUT2D eigenvalue weighted by Crippen LogP contribution is -2.15. The summed E-state index contributed by atoms with van der Waals surface area (Å²) in [5.74, 6) is 0. The van der Waals surface area contributed by atoms with Gasteiger partial charge >= 0.3 is 0 Å². The highest BCUT2D eigenvalue weighted by Crippen LogP contribution is 2.59. The number of anilines is 5. The van der Waals surface area contributed by atoms with Crippen LogP contribution in [0.4, 0.5) is 28.4 Å². The van der Waals surface area contributed by atoms with Crippen molar-refractivity contribution in [2.75, 3.05) is 10.2 Å². The highest BCUT2D eigenvalue weighted by molar-refractivity contribution is 9.10. The van der Waals surface area contributed by atoms with Gasteiger partial charge in [0.05, 0.1) is 22.1 Å². The maximum absolute atomic E-state index is 3.84. The number of rotatable bonds is 11. The Morgan fingerprint density at radius 1 is 0.191 bits per heavy atom. The number of nitrogens with one attached hydrogen (secondary N) is 1. The molecular formula is C136H101BrN4. The second kappa shape index (κ2) is 32.9. The predicted octanol–water partition coefficient (Wildman–Crippen LogP) is 37.7. The van der Waals surface area contributed by atoms with E-state index in [1.807, 2.05) is 18.2 Å². The number of fused-ring (bicyclic) bond motifs is 22. The van der Waals surface area contributed by atoms with Crippen LogP contribution in [-0.2, 0) is 21.7 Å². The van der Waals surface area contributed by atoms with E-state index in [0.29, 0.717) is 0 Å². The quantitative estimate of drug-likeness (QED) is 0.131. The molecule has 22 aromatic carbocycles. The van der Waals surface area contributed by atoms with E-state index in [-0.39, 0.29) is 21.7 Å². The average molecular weight is 1870 g/mol. The summed E-state index contributed by atoms with van der Waals surface area (Å²) in [6.07, 6.45) is 0. The molecular weight excluding hydrogens is 1770 g/mol. The molecule has 0 bridgehead atoms. The molecule has 4 nitrogen and oxygen atoms in total. The lowest BCUT2D eigenvalue weighted by molar-refractivity contribution is 0.660. The lowest BCUT2D eigenvalue weighted by atomic mass is 9.79. The van der Waals surface area contributed by atoms with E-state index in [4.69, 9.17) is 0 Å². The summed E-state index contributed by atoms with van der Waals surface area (Å²) in [7, 11) is 0. The van der Waals surface area contributed by atoms with Crippen molar-refractivity contribution >= 4 is 131 Å². The molecule has 672 valence electrons. The SMILES string of the molecule is CC1(C)c2ccccc2-c2ccc(-c3c4ccccc4c(-c4ccc5c(c4)C(C)(C)c4ccccc4-5)c4cc(Br)ccc34)cc21.CC1(C)c2ccccc2-c2ccc(-c3c4ccccc4c(-c4ccc5c(c4)C(C)(C)c4ccccc4-5)c4cc(N(c5ccccc5)c5ccc6c(c5)c5ccccc5n6-c5ccccc5)ccc34)cc21.c1ccc(Nc2ccc3c(c2)c2ccccc2n3-c2ccccc2)cc1. The first-order chi connectivity index (χ1) is 68.9. The third-order valence-electron chi connectivity index (χ3n) is 31.4. The van der Waals surface area contributed by atoms with Crippen LogP contribution >= 0.6 is 15.9 Å². The summed E-state index contributed by atoms with van der Waals surface area (Å²) in [4.78, 5) is 2.45. The molecule has 28 rings (SSSR count).